The number of aliphatic hydroxyl groups excluding tert-OH is 1. The van der Waals surface area contributed by atoms with Crippen LogP contribution in [0.2, 0.25) is 0 Å². The van der Waals surface area contributed by atoms with Gasteiger partial charge in [-0.15, -0.1) is 0 Å². The first-order valence-corrected chi connectivity index (χ1v) is 11.3. The van der Waals surface area contributed by atoms with Gasteiger partial charge in [0.15, 0.2) is 5.78 Å². The zero-order chi connectivity index (χ0) is 23.4. The van der Waals surface area contributed by atoms with E-state index in [1.54, 1.807) is 24.5 Å². The summed E-state index contributed by atoms with van der Waals surface area (Å²) < 4.78 is 0. The van der Waals surface area contributed by atoms with Crippen LogP contribution in [0.25, 0.3) is 11.1 Å². The summed E-state index contributed by atoms with van der Waals surface area (Å²) in [4.78, 5) is 33.7. The highest BCUT2D eigenvalue weighted by atomic mass is 16.3. The minimum absolute atomic E-state index is 0.0414. The number of rotatable bonds is 6. The molecule has 33 heavy (non-hydrogen) atoms. The number of Topliss-reactive ketones (excluding diaryl/α,β-unsaturated/α-hetero) is 1. The molecule has 0 bridgehead atoms. The lowest BCUT2D eigenvalue weighted by atomic mass is 9.98. The molecule has 0 saturated carbocycles. The van der Waals surface area contributed by atoms with Crippen LogP contribution in [-0.4, -0.2) is 63.4 Å². The Morgan fingerprint density at radius 3 is 2.30 bits per heavy atom. The molecule has 1 N–H and O–H groups in total. The van der Waals surface area contributed by atoms with Crippen molar-refractivity contribution in [1.29, 1.82) is 0 Å². The van der Waals surface area contributed by atoms with Crippen LogP contribution < -0.4 is 0 Å². The SMILES string of the molecule is C[C@@H]1CN(C(=O)c2ccccc2-c2cccnc2)C[C@H](C)N1Cc1ccc(C(=O)CO)cc1. The maximum Gasteiger partial charge on any atom is 0.254 e. The van der Waals surface area contributed by atoms with Gasteiger partial charge in [0.2, 0.25) is 0 Å². The van der Waals surface area contributed by atoms with Crippen molar-refractivity contribution >= 4 is 11.7 Å². The van der Waals surface area contributed by atoms with E-state index in [9.17, 15) is 9.59 Å². The van der Waals surface area contributed by atoms with Gasteiger partial charge in [-0.3, -0.25) is 19.5 Å². The van der Waals surface area contributed by atoms with Gasteiger partial charge in [-0.25, -0.2) is 0 Å². The van der Waals surface area contributed by atoms with Crippen LogP contribution in [0.5, 0.6) is 0 Å². The molecule has 1 saturated heterocycles. The third kappa shape index (κ3) is 5.02. The molecule has 1 aromatic heterocycles. The smallest absolute Gasteiger partial charge is 0.254 e. The molecular weight excluding hydrogens is 414 g/mol. The number of aromatic nitrogens is 1. The van der Waals surface area contributed by atoms with Gasteiger partial charge in [-0.1, -0.05) is 48.5 Å². The van der Waals surface area contributed by atoms with Crippen molar-refractivity contribution in [2.45, 2.75) is 32.5 Å². The fourth-order valence-electron chi connectivity index (χ4n) is 4.55. The Morgan fingerprint density at radius 1 is 0.970 bits per heavy atom. The third-order valence-corrected chi connectivity index (χ3v) is 6.30. The number of carbonyl (C=O) groups is 2. The van der Waals surface area contributed by atoms with Crippen LogP contribution in [-0.2, 0) is 6.54 Å². The largest absolute Gasteiger partial charge is 0.388 e. The maximum atomic E-state index is 13.5. The highest BCUT2D eigenvalue weighted by molar-refractivity contribution is 6.01. The first-order chi connectivity index (χ1) is 16.0. The second kappa shape index (κ2) is 10.1. The van der Waals surface area contributed by atoms with Crippen LogP contribution in [0.4, 0.5) is 0 Å². The monoisotopic (exact) mass is 443 g/mol. The lowest BCUT2D eigenvalue weighted by Crippen LogP contribution is -2.57. The molecule has 170 valence electrons. The van der Waals surface area contributed by atoms with E-state index in [1.165, 1.54) is 0 Å². The zero-order valence-electron chi connectivity index (χ0n) is 19.0. The van der Waals surface area contributed by atoms with E-state index in [0.29, 0.717) is 24.2 Å². The molecule has 0 spiro atoms. The lowest BCUT2D eigenvalue weighted by Gasteiger charge is -2.44. The first-order valence-electron chi connectivity index (χ1n) is 11.3. The van der Waals surface area contributed by atoms with Crippen molar-refractivity contribution in [3.05, 3.63) is 89.7 Å². The summed E-state index contributed by atoms with van der Waals surface area (Å²) in [5.74, 6) is -0.235. The van der Waals surface area contributed by atoms with Gasteiger partial charge in [0.1, 0.15) is 6.61 Å². The Morgan fingerprint density at radius 2 is 1.67 bits per heavy atom. The molecule has 1 aliphatic rings. The van der Waals surface area contributed by atoms with E-state index in [4.69, 9.17) is 5.11 Å². The average Bonchev–Trinajstić information content (AvgIpc) is 2.86. The van der Waals surface area contributed by atoms with E-state index in [1.807, 2.05) is 53.4 Å². The molecule has 0 radical (unpaired) electrons. The number of hydrogen-bond donors (Lipinski definition) is 1. The Bertz CT molecular complexity index is 1100. The van der Waals surface area contributed by atoms with Gasteiger partial charge in [-0.2, -0.15) is 0 Å². The van der Waals surface area contributed by atoms with Crippen molar-refractivity contribution in [3.8, 4) is 11.1 Å². The van der Waals surface area contributed by atoms with Crippen molar-refractivity contribution in [2.24, 2.45) is 0 Å². The minimum atomic E-state index is -0.479. The zero-order valence-corrected chi connectivity index (χ0v) is 19.0. The Hall–Kier alpha value is -3.35. The summed E-state index contributed by atoms with van der Waals surface area (Å²) in [7, 11) is 0. The van der Waals surface area contributed by atoms with Gasteiger partial charge in [0.05, 0.1) is 0 Å². The van der Waals surface area contributed by atoms with Crippen LogP contribution in [0, 0.1) is 0 Å². The van der Waals surface area contributed by atoms with Crippen molar-refractivity contribution < 1.29 is 14.7 Å². The van der Waals surface area contributed by atoms with Crippen molar-refractivity contribution in [3.63, 3.8) is 0 Å². The lowest BCUT2D eigenvalue weighted by molar-refractivity contribution is 0.0270. The molecule has 3 aromatic rings. The predicted octanol–water partition coefficient (Wildman–Crippen LogP) is 3.66. The Labute approximate surface area is 194 Å². The van der Waals surface area contributed by atoms with Gasteiger partial charge in [0.25, 0.3) is 5.91 Å². The molecule has 1 fully saturated rings. The third-order valence-electron chi connectivity index (χ3n) is 6.30. The number of carbonyl (C=O) groups excluding carboxylic acids is 2. The van der Waals surface area contributed by atoms with Gasteiger partial charge in [-0.05, 0) is 37.1 Å². The minimum Gasteiger partial charge on any atom is -0.388 e. The van der Waals surface area contributed by atoms with E-state index in [-0.39, 0.29) is 23.8 Å². The number of piperazine rings is 1. The number of hydrogen-bond acceptors (Lipinski definition) is 5. The first kappa shape index (κ1) is 22.8. The van der Waals surface area contributed by atoms with Gasteiger partial charge < -0.3 is 10.0 Å². The highest BCUT2D eigenvalue weighted by Gasteiger charge is 2.32. The summed E-state index contributed by atoms with van der Waals surface area (Å²) in [6.45, 7) is 5.84. The quantitative estimate of drug-likeness (QED) is 0.589. The van der Waals surface area contributed by atoms with E-state index < -0.39 is 6.61 Å². The van der Waals surface area contributed by atoms with Crippen LogP contribution in [0.1, 0.15) is 40.1 Å². The number of amides is 1. The van der Waals surface area contributed by atoms with E-state index in [0.717, 1.165) is 23.2 Å². The number of ketones is 1. The topological polar surface area (TPSA) is 73.7 Å². The molecule has 2 aromatic carbocycles. The fourth-order valence-corrected chi connectivity index (χ4v) is 4.55. The number of pyridine rings is 1. The number of benzene rings is 2. The molecule has 4 rings (SSSR count). The van der Waals surface area contributed by atoms with Gasteiger partial charge >= 0.3 is 0 Å². The van der Waals surface area contributed by atoms with Crippen LogP contribution >= 0.6 is 0 Å². The average molecular weight is 444 g/mol. The normalized spacial score (nSPS) is 18.8. The highest BCUT2D eigenvalue weighted by Crippen LogP contribution is 2.26. The molecule has 1 aliphatic heterocycles. The fraction of sp³-hybridized carbons (Fsp3) is 0.296. The summed E-state index contributed by atoms with van der Waals surface area (Å²) in [6, 6.07) is 19.3. The van der Waals surface area contributed by atoms with Crippen LogP contribution in [0.15, 0.2) is 73.1 Å². The molecule has 6 nitrogen and oxygen atoms in total. The number of nitrogens with zero attached hydrogens (tertiary/aromatic N) is 3. The molecule has 2 atom stereocenters. The van der Waals surface area contributed by atoms with Gasteiger partial charge in [0, 0.05) is 60.8 Å². The molecule has 0 aliphatic carbocycles. The van der Waals surface area contributed by atoms with E-state index in [2.05, 4.69) is 23.7 Å². The molecule has 1 amide bonds. The maximum absolute atomic E-state index is 13.5. The predicted molar refractivity (Wildman–Crippen MR) is 128 cm³/mol. The Balaban J connectivity index is 1.47. The summed E-state index contributed by atoms with van der Waals surface area (Å²) >= 11 is 0. The van der Waals surface area contributed by atoms with Crippen LogP contribution in [0.3, 0.4) is 0 Å². The summed E-state index contributed by atoms with van der Waals surface area (Å²) in [6.07, 6.45) is 3.52. The Kier molecular flexibility index (Phi) is 6.96. The second-order valence-electron chi connectivity index (χ2n) is 8.65. The van der Waals surface area contributed by atoms with Crippen molar-refractivity contribution in [1.82, 2.24) is 14.8 Å². The molecule has 2 heterocycles. The molecular formula is C27H29N3O3. The summed E-state index contributed by atoms with van der Waals surface area (Å²) in [5, 5.41) is 9.03. The molecule has 0 unspecified atom stereocenters. The van der Waals surface area contributed by atoms with E-state index >= 15 is 0 Å². The molecule has 6 heteroatoms. The second-order valence-corrected chi connectivity index (χ2v) is 8.65. The number of aliphatic hydroxyl groups is 1. The standard InChI is InChI=1S/C27H29N3O3/c1-19-15-29(27(33)25-8-4-3-7-24(25)23-6-5-13-28-14-23)16-20(2)30(19)17-21-9-11-22(12-10-21)26(32)18-31/h3-14,19-20,31H,15-18H2,1-2H3/t19-,20+. The summed E-state index contributed by atoms with van der Waals surface area (Å²) in [5.41, 5.74) is 4.15. The van der Waals surface area contributed by atoms with Crippen molar-refractivity contribution in [2.75, 3.05) is 19.7 Å².